The van der Waals surface area contributed by atoms with Crippen molar-refractivity contribution in [2.75, 3.05) is 12.9 Å². The molecule has 0 heterocycles. The van der Waals surface area contributed by atoms with Gasteiger partial charge in [-0.1, -0.05) is 24.3 Å². The Bertz CT molecular complexity index is 705. The Labute approximate surface area is 124 Å². The Morgan fingerprint density at radius 2 is 1.81 bits per heavy atom. The largest absolute Gasteiger partial charge is 0.497 e. The van der Waals surface area contributed by atoms with Crippen molar-refractivity contribution in [2.24, 2.45) is 0 Å². The summed E-state index contributed by atoms with van der Waals surface area (Å²) < 4.78 is 29.6. The molecule has 0 radical (unpaired) electrons. The molecule has 2 aromatic rings. The first-order valence-corrected chi connectivity index (χ1v) is 8.19. The number of hydrogen-bond donors (Lipinski definition) is 1. The van der Waals surface area contributed by atoms with E-state index in [0.29, 0.717) is 11.3 Å². The van der Waals surface area contributed by atoms with Crippen molar-refractivity contribution in [3.63, 3.8) is 0 Å². The average molecular weight is 306 g/mol. The lowest BCUT2D eigenvalue weighted by Crippen LogP contribution is -2.15. The zero-order chi connectivity index (χ0) is 15.5. The molecule has 0 aromatic heterocycles. The van der Waals surface area contributed by atoms with Crippen molar-refractivity contribution >= 4 is 9.84 Å². The third-order valence-corrected chi connectivity index (χ3v) is 4.95. The van der Waals surface area contributed by atoms with Gasteiger partial charge in [0.2, 0.25) is 0 Å². The number of sulfone groups is 1. The molecule has 5 heteroatoms. The Kier molecular flexibility index (Phi) is 4.65. The molecule has 0 spiro atoms. The van der Waals surface area contributed by atoms with Crippen LogP contribution in [0.4, 0.5) is 0 Å². The first-order chi connectivity index (χ1) is 9.92. The molecular weight excluding hydrogens is 288 g/mol. The van der Waals surface area contributed by atoms with Gasteiger partial charge in [-0.2, -0.15) is 0 Å². The van der Waals surface area contributed by atoms with Crippen LogP contribution in [0.5, 0.6) is 5.75 Å². The van der Waals surface area contributed by atoms with Crippen LogP contribution in [0.15, 0.2) is 53.4 Å². The van der Waals surface area contributed by atoms with Crippen LogP contribution in [0.2, 0.25) is 0 Å². The summed E-state index contributed by atoms with van der Waals surface area (Å²) >= 11 is 0. The van der Waals surface area contributed by atoms with Crippen molar-refractivity contribution in [1.29, 1.82) is 0 Å². The van der Waals surface area contributed by atoms with E-state index in [9.17, 15) is 13.5 Å². The molecular formula is C16H18O4S. The quantitative estimate of drug-likeness (QED) is 0.922. The minimum atomic E-state index is -3.53. The molecule has 0 aliphatic rings. The van der Waals surface area contributed by atoms with Crippen LogP contribution in [0.25, 0.3) is 0 Å². The highest BCUT2D eigenvalue weighted by atomic mass is 32.2. The van der Waals surface area contributed by atoms with E-state index in [2.05, 4.69) is 0 Å². The standard InChI is InChI=1S/C16H18O4S/c1-12-4-3-5-15(10-12)21(18,19)11-16(17)13-6-8-14(20-2)9-7-13/h3-10,16-17H,11H2,1-2H3. The summed E-state index contributed by atoms with van der Waals surface area (Å²) in [4.78, 5) is 0.232. The lowest BCUT2D eigenvalue weighted by atomic mass is 10.1. The summed E-state index contributed by atoms with van der Waals surface area (Å²) in [5, 5.41) is 10.1. The van der Waals surface area contributed by atoms with Crippen LogP contribution in [0, 0.1) is 6.92 Å². The van der Waals surface area contributed by atoms with Gasteiger partial charge in [-0.25, -0.2) is 8.42 Å². The van der Waals surface area contributed by atoms with Gasteiger partial charge in [-0.15, -0.1) is 0 Å². The summed E-state index contributed by atoms with van der Waals surface area (Å²) in [6.07, 6.45) is -1.07. The number of hydrogen-bond acceptors (Lipinski definition) is 4. The molecule has 0 bridgehead atoms. The molecule has 0 aliphatic heterocycles. The average Bonchev–Trinajstić information content (AvgIpc) is 2.47. The maximum atomic E-state index is 12.3. The van der Waals surface area contributed by atoms with E-state index >= 15 is 0 Å². The Balaban J connectivity index is 2.19. The SMILES string of the molecule is COc1ccc(C(O)CS(=O)(=O)c2cccc(C)c2)cc1. The predicted octanol–water partition coefficient (Wildman–Crippen LogP) is 2.51. The minimum absolute atomic E-state index is 0.232. The lowest BCUT2D eigenvalue weighted by Gasteiger charge is -2.12. The van der Waals surface area contributed by atoms with Crippen molar-refractivity contribution in [2.45, 2.75) is 17.9 Å². The second-order valence-electron chi connectivity index (χ2n) is 4.89. The highest BCUT2D eigenvalue weighted by Gasteiger charge is 2.21. The minimum Gasteiger partial charge on any atom is -0.497 e. The van der Waals surface area contributed by atoms with Crippen molar-refractivity contribution < 1.29 is 18.3 Å². The molecule has 21 heavy (non-hydrogen) atoms. The summed E-state index contributed by atoms with van der Waals surface area (Å²) in [6.45, 7) is 1.83. The Morgan fingerprint density at radius 1 is 1.14 bits per heavy atom. The third-order valence-electron chi connectivity index (χ3n) is 3.23. The van der Waals surface area contributed by atoms with Crippen LogP contribution in [-0.4, -0.2) is 26.4 Å². The van der Waals surface area contributed by atoms with Crippen LogP contribution < -0.4 is 4.74 Å². The van der Waals surface area contributed by atoms with Gasteiger partial charge in [0.1, 0.15) is 5.75 Å². The second-order valence-corrected chi connectivity index (χ2v) is 6.92. The van der Waals surface area contributed by atoms with Crippen LogP contribution in [0.3, 0.4) is 0 Å². The highest BCUT2D eigenvalue weighted by molar-refractivity contribution is 7.91. The number of rotatable bonds is 5. The fourth-order valence-electron chi connectivity index (χ4n) is 2.04. The first kappa shape index (κ1) is 15.5. The molecule has 0 saturated carbocycles. The smallest absolute Gasteiger partial charge is 0.181 e. The summed E-state index contributed by atoms with van der Waals surface area (Å²) in [5.74, 6) is 0.315. The summed E-state index contributed by atoms with van der Waals surface area (Å²) in [5.41, 5.74) is 1.42. The summed E-state index contributed by atoms with van der Waals surface area (Å²) in [6, 6.07) is 13.4. The van der Waals surface area contributed by atoms with Crippen LogP contribution >= 0.6 is 0 Å². The summed E-state index contributed by atoms with van der Waals surface area (Å²) in [7, 11) is -1.98. The number of aliphatic hydroxyl groups is 1. The molecule has 0 fully saturated rings. The molecule has 1 atom stereocenters. The normalized spacial score (nSPS) is 12.9. The van der Waals surface area contributed by atoms with Gasteiger partial charge < -0.3 is 9.84 Å². The molecule has 2 aromatic carbocycles. The van der Waals surface area contributed by atoms with Gasteiger partial charge >= 0.3 is 0 Å². The molecule has 1 N–H and O–H groups in total. The molecule has 4 nitrogen and oxygen atoms in total. The maximum absolute atomic E-state index is 12.3. The van der Waals surface area contributed by atoms with Crippen LogP contribution in [-0.2, 0) is 9.84 Å². The maximum Gasteiger partial charge on any atom is 0.181 e. The van der Waals surface area contributed by atoms with E-state index in [0.717, 1.165) is 5.56 Å². The fraction of sp³-hybridized carbons (Fsp3) is 0.250. The highest BCUT2D eigenvalue weighted by Crippen LogP contribution is 2.22. The zero-order valence-electron chi connectivity index (χ0n) is 12.0. The van der Waals surface area contributed by atoms with Crippen LogP contribution in [0.1, 0.15) is 17.2 Å². The first-order valence-electron chi connectivity index (χ1n) is 6.54. The van der Waals surface area contributed by atoms with Gasteiger partial charge in [0.05, 0.1) is 23.9 Å². The monoisotopic (exact) mass is 306 g/mol. The number of aliphatic hydroxyl groups excluding tert-OH is 1. The number of benzene rings is 2. The Morgan fingerprint density at radius 3 is 2.38 bits per heavy atom. The number of aryl methyl sites for hydroxylation is 1. The molecule has 0 saturated heterocycles. The van der Waals surface area contributed by atoms with Crippen molar-refractivity contribution in [3.8, 4) is 5.75 Å². The van der Waals surface area contributed by atoms with Gasteiger partial charge in [0.25, 0.3) is 0 Å². The van der Waals surface area contributed by atoms with E-state index in [1.165, 1.54) is 0 Å². The zero-order valence-corrected chi connectivity index (χ0v) is 12.8. The van der Waals surface area contributed by atoms with Crippen molar-refractivity contribution in [3.05, 3.63) is 59.7 Å². The molecule has 112 valence electrons. The van der Waals surface area contributed by atoms with Gasteiger partial charge in [-0.3, -0.25) is 0 Å². The van der Waals surface area contributed by atoms with E-state index < -0.39 is 15.9 Å². The van der Waals surface area contributed by atoms with Crippen molar-refractivity contribution in [1.82, 2.24) is 0 Å². The molecule has 0 aliphatic carbocycles. The van der Waals surface area contributed by atoms with Gasteiger partial charge in [0, 0.05) is 0 Å². The molecule has 0 amide bonds. The molecule has 2 rings (SSSR count). The topological polar surface area (TPSA) is 63.6 Å². The van der Waals surface area contributed by atoms with E-state index in [1.54, 1.807) is 49.6 Å². The van der Waals surface area contributed by atoms with E-state index in [-0.39, 0.29) is 10.6 Å². The third kappa shape index (κ3) is 3.83. The Hall–Kier alpha value is -1.85. The second kappa shape index (κ2) is 6.28. The van der Waals surface area contributed by atoms with Gasteiger partial charge in [0.15, 0.2) is 9.84 Å². The fourth-order valence-corrected chi connectivity index (χ4v) is 3.49. The number of ether oxygens (including phenoxy) is 1. The molecule has 1 unspecified atom stereocenters. The van der Waals surface area contributed by atoms with E-state index in [4.69, 9.17) is 4.74 Å². The van der Waals surface area contributed by atoms with E-state index in [1.807, 2.05) is 13.0 Å². The predicted molar refractivity (Wildman–Crippen MR) is 81.2 cm³/mol. The van der Waals surface area contributed by atoms with Gasteiger partial charge in [-0.05, 0) is 42.3 Å². The lowest BCUT2D eigenvalue weighted by molar-refractivity contribution is 0.201. The number of methoxy groups -OCH3 is 1.